The van der Waals surface area contributed by atoms with Crippen molar-refractivity contribution in [2.45, 2.75) is 25.9 Å². The summed E-state index contributed by atoms with van der Waals surface area (Å²) in [7, 11) is 0. The minimum absolute atomic E-state index is 0.119. The largest absolute Gasteiger partial charge is 0.332 e. The Labute approximate surface area is 150 Å². The second kappa shape index (κ2) is 7.45. The van der Waals surface area contributed by atoms with Gasteiger partial charge in [0.1, 0.15) is 12.4 Å². The van der Waals surface area contributed by atoms with Crippen LogP contribution >= 0.6 is 0 Å². The van der Waals surface area contributed by atoms with Crippen molar-refractivity contribution in [2.75, 3.05) is 10.2 Å². The van der Waals surface area contributed by atoms with Gasteiger partial charge in [-0.3, -0.25) is 14.4 Å². The van der Waals surface area contributed by atoms with Crippen molar-refractivity contribution in [3.05, 3.63) is 59.9 Å². The van der Waals surface area contributed by atoms with E-state index in [2.05, 4.69) is 5.32 Å². The average Bonchev–Trinajstić information content (AvgIpc) is 2.89. The zero-order chi connectivity index (χ0) is 18.7. The lowest BCUT2D eigenvalue weighted by molar-refractivity contribution is -0.690. The van der Waals surface area contributed by atoms with E-state index in [1.165, 1.54) is 24.0 Å². The van der Waals surface area contributed by atoms with Gasteiger partial charge in [-0.25, -0.2) is 9.29 Å². The number of halogens is 1. The van der Waals surface area contributed by atoms with E-state index in [9.17, 15) is 18.8 Å². The van der Waals surface area contributed by atoms with Gasteiger partial charge in [-0.05, 0) is 36.4 Å². The lowest BCUT2D eigenvalue weighted by Gasteiger charge is -2.15. The molecule has 6 nitrogen and oxygen atoms in total. The van der Waals surface area contributed by atoms with E-state index in [1.54, 1.807) is 41.7 Å². The molecule has 134 valence electrons. The normalized spacial score (nSPS) is 16.8. The van der Waals surface area contributed by atoms with Crippen molar-refractivity contribution >= 4 is 29.1 Å². The Morgan fingerprint density at radius 1 is 1.15 bits per heavy atom. The molecule has 0 aliphatic carbocycles. The molecule has 1 fully saturated rings. The predicted molar refractivity (Wildman–Crippen MR) is 93.7 cm³/mol. The third kappa shape index (κ3) is 3.94. The van der Waals surface area contributed by atoms with Gasteiger partial charge in [0.2, 0.25) is 11.8 Å². The lowest BCUT2D eigenvalue weighted by Crippen LogP contribution is -2.90. The van der Waals surface area contributed by atoms with Crippen LogP contribution in [0.15, 0.2) is 48.5 Å². The third-order valence-corrected chi connectivity index (χ3v) is 4.18. The summed E-state index contributed by atoms with van der Waals surface area (Å²) in [6.45, 7) is 1.89. The Morgan fingerprint density at radius 2 is 1.81 bits per heavy atom. The molecule has 1 aliphatic heterocycles. The Kier molecular flexibility index (Phi) is 5.09. The maximum atomic E-state index is 12.9. The van der Waals surface area contributed by atoms with Crippen molar-refractivity contribution < 1.29 is 24.1 Å². The van der Waals surface area contributed by atoms with Gasteiger partial charge in [-0.2, -0.15) is 0 Å². The first-order chi connectivity index (χ1) is 12.4. The molecule has 26 heavy (non-hydrogen) atoms. The molecule has 0 bridgehead atoms. The second-order valence-corrected chi connectivity index (χ2v) is 6.17. The molecule has 0 aromatic heterocycles. The summed E-state index contributed by atoms with van der Waals surface area (Å²) in [5, 5.41) is 4.43. The molecule has 1 aliphatic rings. The number of benzene rings is 2. The quantitative estimate of drug-likeness (QED) is 0.789. The van der Waals surface area contributed by atoms with Crippen molar-refractivity contribution in [1.82, 2.24) is 0 Å². The van der Waals surface area contributed by atoms with Gasteiger partial charge in [-0.15, -0.1) is 0 Å². The molecular formula is C19H19FN3O3+. The van der Waals surface area contributed by atoms with E-state index in [-0.39, 0.29) is 30.0 Å². The smallest absolute Gasteiger partial charge is 0.292 e. The van der Waals surface area contributed by atoms with Gasteiger partial charge in [0.15, 0.2) is 6.04 Å². The zero-order valence-electron chi connectivity index (χ0n) is 14.2. The van der Waals surface area contributed by atoms with Crippen molar-refractivity contribution in [3.63, 3.8) is 0 Å². The van der Waals surface area contributed by atoms with E-state index in [0.29, 0.717) is 17.9 Å². The van der Waals surface area contributed by atoms with E-state index < -0.39 is 6.04 Å². The molecule has 7 heteroatoms. The summed E-state index contributed by atoms with van der Waals surface area (Å²) in [6.07, 6.45) is 0.119. The van der Waals surface area contributed by atoms with Crippen LogP contribution in [0.25, 0.3) is 0 Å². The topological polar surface area (TPSA) is 83.1 Å². The molecule has 2 aromatic carbocycles. The average molecular weight is 356 g/mol. The van der Waals surface area contributed by atoms with E-state index in [0.717, 1.165) is 5.56 Å². The number of anilines is 2. The number of rotatable bonds is 5. The third-order valence-electron chi connectivity index (χ3n) is 4.18. The highest BCUT2D eigenvalue weighted by molar-refractivity contribution is 6.21. The Balaban J connectivity index is 1.66. The number of nitrogens with two attached hydrogens (primary N) is 1. The lowest BCUT2D eigenvalue weighted by atomic mass is 10.2. The van der Waals surface area contributed by atoms with Crippen LogP contribution in [0.3, 0.4) is 0 Å². The molecular weight excluding hydrogens is 337 g/mol. The fraction of sp³-hybridized carbons (Fsp3) is 0.211. The predicted octanol–water partition coefficient (Wildman–Crippen LogP) is 1.18. The maximum absolute atomic E-state index is 12.9. The van der Waals surface area contributed by atoms with Crippen molar-refractivity contribution in [1.29, 1.82) is 0 Å². The van der Waals surface area contributed by atoms with Gasteiger partial charge in [-0.1, -0.05) is 12.1 Å². The molecule has 0 unspecified atom stereocenters. The molecule has 1 heterocycles. The highest BCUT2D eigenvalue weighted by Gasteiger charge is 2.42. The summed E-state index contributed by atoms with van der Waals surface area (Å²) in [4.78, 5) is 37.1. The van der Waals surface area contributed by atoms with Crippen LogP contribution in [-0.4, -0.2) is 23.8 Å². The summed E-state index contributed by atoms with van der Waals surface area (Å²) in [5.74, 6) is -1.04. The van der Waals surface area contributed by atoms with Crippen LogP contribution in [0.5, 0.6) is 0 Å². The van der Waals surface area contributed by atoms with Gasteiger partial charge in [0, 0.05) is 18.2 Å². The minimum atomic E-state index is -0.498. The highest BCUT2D eigenvalue weighted by Crippen LogP contribution is 2.23. The Bertz CT molecular complexity index is 834. The Hall–Kier alpha value is -3.06. The van der Waals surface area contributed by atoms with Gasteiger partial charge < -0.3 is 10.6 Å². The number of nitrogens with zero attached hydrogens (tertiary/aromatic N) is 1. The second-order valence-electron chi connectivity index (χ2n) is 6.17. The van der Waals surface area contributed by atoms with E-state index in [4.69, 9.17) is 0 Å². The molecule has 0 saturated carbocycles. The van der Waals surface area contributed by atoms with Crippen LogP contribution in [0.1, 0.15) is 18.9 Å². The molecule has 2 aromatic rings. The number of imide groups is 1. The van der Waals surface area contributed by atoms with Crippen LogP contribution in [0, 0.1) is 5.82 Å². The summed E-state index contributed by atoms with van der Waals surface area (Å²) >= 11 is 0. The molecule has 3 amide bonds. The zero-order valence-corrected chi connectivity index (χ0v) is 14.2. The molecule has 0 radical (unpaired) electrons. The monoisotopic (exact) mass is 356 g/mol. The first-order valence-electron chi connectivity index (χ1n) is 8.26. The number of hydrogen-bond acceptors (Lipinski definition) is 3. The minimum Gasteiger partial charge on any atom is -0.332 e. The molecule has 3 rings (SSSR count). The highest BCUT2D eigenvalue weighted by atomic mass is 19.1. The summed E-state index contributed by atoms with van der Waals surface area (Å²) in [5.41, 5.74) is 1.95. The standard InChI is InChI=1S/C19H18FN3O3/c1-12(24)22-15-6-8-16(9-7-15)23-18(25)10-17(19(23)26)21-11-13-2-4-14(20)5-3-13/h2-9,17,21H,10-11H2,1H3,(H,22,24)/p+1/t17-/m1/s1. The first-order valence-corrected chi connectivity index (χ1v) is 8.26. The van der Waals surface area contributed by atoms with Crippen molar-refractivity contribution in [2.24, 2.45) is 0 Å². The van der Waals surface area contributed by atoms with Gasteiger partial charge >= 0.3 is 0 Å². The van der Waals surface area contributed by atoms with E-state index in [1.807, 2.05) is 0 Å². The first kappa shape index (κ1) is 17.8. The van der Waals surface area contributed by atoms with Crippen molar-refractivity contribution in [3.8, 4) is 0 Å². The fourth-order valence-corrected chi connectivity index (χ4v) is 2.91. The summed E-state index contributed by atoms with van der Waals surface area (Å²) in [6, 6.07) is 12.1. The summed E-state index contributed by atoms with van der Waals surface area (Å²) < 4.78 is 12.9. The van der Waals surface area contributed by atoms with E-state index >= 15 is 0 Å². The van der Waals surface area contributed by atoms with Crippen LogP contribution in [0.2, 0.25) is 0 Å². The van der Waals surface area contributed by atoms with Crippen LogP contribution in [0.4, 0.5) is 15.8 Å². The number of hydrogen-bond donors (Lipinski definition) is 2. The SMILES string of the molecule is CC(=O)Nc1ccc(N2C(=O)C[C@@H]([NH2+]Cc3ccc(F)cc3)C2=O)cc1. The number of quaternary nitrogens is 1. The number of carbonyl (C=O) groups excluding carboxylic acids is 3. The Morgan fingerprint density at radius 3 is 2.42 bits per heavy atom. The van der Waals surface area contributed by atoms with Crippen LogP contribution < -0.4 is 15.5 Å². The molecule has 1 atom stereocenters. The van der Waals surface area contributed by atoms with Gasteiger partial charge in [0.05, 0.1) is 12.1 Å². The molecule has 3 N–H and O–H groups in total. The maximum Gasteiger partial charge on any atom is 0.292 e. The number of nitrogens with one attached hydrogen (secondary N) is 1. The fourth-order valence-electron chi connectivity index (χ4n) is 2.91. The van der Waals surface area contributed by atoms with Gasteiger partial charge in [0.25, 0.3) is 5.91 Å². The molecule has 0 spiro atoms. The number of amides is 3. The molecule has 1 saturated heterocycles. The number of carbonyl (C=O) groups is 3. The van der Waals surface area contributed by atoms with Crippen LogP contribution in [-0.2, 0) is 20.9 Å².